The van der Waals surface area contributed by atoms with E-state index in [2.05, 4.69) is 10.0 Å². The third-order valence-electron chi connectivity index (χ3n) is 3.67. The van der Waals surface area contributed by atoms with Crippen molar-refractivity contribution >= 4 is 33.0 Å². The molecule has 6 nitrogen and oxygen atoms in total. The summed E-state index contributed by atoms with van der Waals surface area (Å²) in [6, 6.07) is 10.4. The van der Waals surface area contributed by atoms with E-state index < -0.39 is 10.0 Å². The molecule has 2 N–H and O–H groups in total. The molecule has 1 aromatic heterocycles. The van der Waals surface area contributed by atoms with E-state index in [0.717, 1.165) is 24.2 Å². The maximum atomic E-state index is 12.3. The number of sulfonamides is 1. The van der Waals surface area contributed by atoms with Crippen molar-refractivity contribution < 1.29 is 17.9 Å². The summed E-state index contributed by atoms with van der Waals surface area (Å²) in [7, 11) is -3.63. The fourth-order valence-corrected chi connectivity index (χ4v) is 4.62. The smallest absolute Gasteiger partial charge is 0.265 e. The lowest BCUT2D eigenvalue weighted by atomic mass is 10.2. The van der Waals surface area contributed by atoms with Crippen molar-refractivity contribution in [3.63, 3.8) is 0 Å². The standard InChI is InChI=1S/C16H18N2O4S2/c19-16(18-12-5-2-1-3-6-12)15-9-14(11-23-15)24(20,21)17-10-13-7-4-8-22-13/h1-3,5-6,9,11,13,17H,4,7-8,10H2,(H,18,19). The van der Waals surface area contributed by atoms with Crippen molar-refractivity contribution in [1.82, 2.24) is 4.72 Å². The maximum Gasteiger partial charge on any atom is 0.265 e. The molecule has 1 unspecified atom stereocenters. The van der Waals surface area contributed by atoms with Gasteiger partial charge in [-0.1, -0.05) is 18.2 Å². The van der Waals surface area contributed by atoms with E-state index in [1.165, 1.54) is 11.4 Å². The maximum absolute atomic E-state index is 12.3. The Bertz CT molecular complexity index is 796. The number of carbonyl (C=O) groups is 1. The summed E-state index contributed by atoms with van der Waals surface area (Å²) in [6.45, 7) is 0.929. The first kappa shape index (κ1) is 17.1. The number of hydrogen-bond donors (Lipinski definition) is 2. The lowest BCUT2D eigenvalue weighted by Crippen LogP contribution is -2.31. The van der Waals surface area contributed by atoms with E-state index in [1.54, 1.807) is 12.1 Å². The number of benzene rings is 1. The Morgan fingerprint density at radius 3 is 2.79 bits per heavy atom. The first-order chi connectivity index (χ1) is 11.5. The minimum atomic E-state index is -3.63. The zero-order valence-corrected chi connectivity index (χ0v) is 14.5. The van der Waals surface area contributed by atoms with Gasteiger partial charge in [-0.25, -0.2) is 13.1 Å². The Balaban J connectivity index is 1.64. The van der Waals surface area contributed by atoms with Crippen LogP contribution in [0, 0.1) is 0 Å². The van der Waals surface area contributed by atoms with Gasteiger partial charge < -0.3 is 10.1 Å². The summed E-state index contributed by atoms with van der Waals surface area (Å²) in [6.07, 6.45) is 1.74. The van der Waals surface area contributed by atoms with Gasteiger partial charge in [-0.2, -0.15) is 0 Å². The first-order valence-electron chi connectivity index (χ1n) is 7.61. The second kappa shape index (κ2) is 7.43. The van der Waals surface area contributed by atoms with Gasteiger partial charge >= 0.3 is 0 Å². The van der Waals surface area contributed by atoms with Gasteiger partial charge in [0.05, 0.1) is 15.9 Å². The lowest BCUT2D eigenvalue weighted by Gasteiger charge is -2.10. The highest BCUT2D eigenvalue weighted by Gasteiger charge is 2.22. The van der Waals surface area contributed by atoms with Crippen LogP contribution in [0.15, 0.2) is 46.7 Å². The minimum absolute atomic E-state index is 0.0701. The summed E-state index contributed by atoms with van der Waals surface area (Å²) in [5, 5.41) is 4.21. The largest absolute Gasteiger partial charge is 0.377 e. The molecule has 1 aliphatic rings. The molecular formula is C16H18N2O4S2. The van der Waals surface area contributed by atoms with Crippen LogP contribution in [-0.4, -0.2) is 33.6 Å². The van der Waals surface area contributed by atoms with E-state index in [1.807, 2.05) is 18.2 Å². The predicted molar refractivity (Wildman–Crippen MR) is 92.9 cm³/mol. The van der Waals surface area contributed by atoms with Crippen LogP contribution in [0.1, 0.15) is 22.5 Å². The van der Waals surface area contributed by atoms with Gasteiger partial charge in [0.25, 0.3) is 5.91 Å². The van der Waals surface area contributed by atoms with Crippen LogP contribution in [0.4, 0.5) is 5.69 Å². The highest BCUT2D eigenvalue weighted by atomic mass is 32.2. The molecular weight excluding hydrogens is 348 g/mol. The number of para-hydroxylation sites is 1. The van der Waals surface area contributed by atoms with Crippen molar-refractivity contribution in [3.05, 3.63) is 46.7 Å². The molecule has 0 radical (unpaired) electrons. The summed E-state index contributed by atoms with van der Waals surface area (Å²) in [4.78, 5) is 12.6. The Labute approximate surface area is 144 Å². The van der Waals surface area contributed by atoms with Crippen LogP contribution in [0.2, 0.25) is 0 Å². The van der Waals surface area contributed by atoms with Crippen LogP contribution in [-0.2, 0) is 14.8 Å². The molecule has 2 aromatic rings. The molecule has 2 heterocycles. The van der Waals surface area contributed by atoms with E-state index in [-0.39, 0.29) is 23.5 Å². The molecule has 0 bridgehead atoms. The second-order valence-corrected chi connectivity index (χ2v) is 8.13. The summed E-state index contributed by atoms with van der Waals surface area (Å²) >= 11 is 1.10. The third-order valence-corrected chi connectivity index (χ3v) is 6.15. The second-order valence-electron chi connectivity index (χ2n) is 5.45. The summed E-state index contributed by atoms with van der Waals surface area (Å²) < 4.78 is 32.5. The van der Waals surface area contributed by atoms with Gasteiger partial charge in [-0.3, -0.25) is 4.79 Å². The summed E-state index contributed by atoms with van der Waals surface area (Å²) in [5.41, 5.74) is 0.664. The van der Waals surface area contributed by atoms with Gasteiger partial charge in [0.2, 0.25) is 10.0 Å². The molecule has 1 aromatic carbocycles. The number of amides is 1. The Kier molecular flexibility index (Phi) is 5.30. The molecule has 1 atom stereocenters. The molecule has 0 saturated carbocycles. The third kappa shape index (κ3) is 4.21. The zero-order chi connectivity index (χ0) is 17.0. The molecule has 0 aliphatic carbocycles. The highest BCUT2D eigenvalue weighted by molar-refractivity contribution is 7.89. The molecule has 1 amide bonds. The van der Waals surface area contributed by atoms with Gasteiger partial charge in [0.15, 0.2) is 0 Å². The Hall–Kier alpha value is -1.74. The first-order valence-corrected chi connectivity index (χ1v) is 9.97. The molecule has 1 saturated heterocycles. The van der Waals surface area contributed by atoms with E-state index >= 15 is 0 Å². The minimum Gasteiger partial charge on any atom is -0.377 e. The molecule has 3 rings (SSSR count). The number of ether oxygens (including phenoxy) is 1. The van der Waals surface area contributed by atoms with Gasteiger partial charge in [-0.05, 0) is 31.0 Å². The highest BCUT2D eigenvalue weighted by Crippen LogP contribution is 2.21. The van der Waals surface area contributed by atoms with Crippen molar-refractivity contribution in [2.24, 2.45) is 0 Å². The zero-order valence-electron chi connectivity index (χ0n) is 12.9. The van der Waals surface area contributed by atoms with Crippen LogP contribution in [0.3, 0.4) is 0 Å². The molecule has 24 heavy (non-hydrogen) atoms. The number of nitrogens with one attached hydrogen (secondary N) is 2. The van der Waals surface area contributed by atoms with Crippen LogP contribution >= 0.6 is 11.3 Å². The topological polar surface area (TPSA) is 84.5 Å². The fraction of sp³-hybridized carbons (Fsp3) is 0.312. The van der Waals surface area contributed by atoms with Crippen molar-refractivity contribution in [1.29, 1.82) is 0 Å². The number of anilines is 1. The van der Waals surface area contributed by atoms with E-state index in [0.29, 0.717) is 17.2 Å². The molecule has 1 fully saturated rings. The molecule has 8 heteroatoms. The van der Waals surface area contributed by atoms with Crippen molar-refractivity contribution in [2.45, 2.75) is 23.8 Å². The SMILES string of the molecule is O=C(Nc1ccccc1)c1cc(S(=O)(=O)NCC2CCCO2)cs1. The average molecular weight is 366 g/mol. The molecule has 0 spiro atoms. The predicted octanol–water partition coefficient (Wildman–Crippen LogP) is 2.46. The quantitative estimate of drug-likeness (QED) is 0.822. The molecule has 128 valence electrons. The normalized spacial score (nSPS) is 17.8. The van der Waals surface area contributed by atoms with Gasteiger partial charge in [-0.15, -0.1) is 11.3 Å². The van der Waals surface area contributed by atoms with Crippen molar-refractivity contribution in [2.75, 3.05) is 18.5 Å². The van der Waals surface area contributed by atoms with Crippen LogP contribution in [0.25, 0.3) is 0 Å². The van der Waals surface area contributed by atoms with Crippen LogP contribution < -0.4 is 10.0 Å². The fourth-order valence-electron chi connectivity index (χ4n) is 2.38. The average Bonchev–Trinajstić information content (AvgIpc) is 3.26. The summed E-state index contributed by atoms with van der Waals surface area (Å²) in [5.74, 6) is -0.327. The Morgan fingerprint density at radius 1 is 1.29 bits per heavy atom. The number of thiophene rings is 1. The number of rotatable bonds is 6. The number of carbonyl (C=O) groups excluding carboxylic acids is 1. The van der Waals surface area contributed by atoms with Gasteiger partial charge in [0, 0.05) is 24.2 Å². The molecule has 1 aliphatic heterocycles. The lowest BCUT2D eigenvalue weighted by molar-refractivity contribution is 0.103. The van der Waals surface area contributed by atoms with Crippen LogP contribution in [0.5, 0.6) is 0 Å². The van der Waals surface area contributed by atoms with E-state index in [9.17, 15) is 13.2 Å². The van der Waals surface area contributed by atoms with Gasteiger partial charge in [0.1, 0.15) is 0 Å². The number of hydrogen-bond acceptors (Lipinski definition) is 5. The Morgan fingerprint density at radius 2 is 2.08 bits per heavy atom. The van der Waals surface area contributed by atoms with E-state index in [4.69, 9.17) is 4.74 Å². The monoisotopic (exact) mass is 366 g/mol. The van der Waals surface area contributed by atoms with Crippen molar-refractivity contribution in [3.8, 4) is 0 Å².